The van der Waals surface area contributed by atoms with E-state index in [0.29, 0.717) is 28.4 Å². The molecular weight excluding hydrogens is 392 g/mol. The normalized spacial score (nSPS) is 10.6. The fraction of sp³-hybridized carbons (Fsp3) is 0.174. The molecule has 31 heavy (non-hydrogen) atoms. The summed E-state index contributed by atoms with van der Waals surface area (Å²) in [6.45, 7) is 4.05. The number of tetrazole rings is 1. The van der Waals surface area contributed by atoms with Crippen molar-refractivity contribution in [3.8, 4) is 28.8 Å². The summed E-state index contributed by atoms with van der Waals surface area (Å²) in [5, 5.41) is 17.1. The van der Waals surface area contributed by atoms with Crippen molar-refractivity contribution in [2.75, 3.05) is 0 Å². The Hall–Kier alpha value is -4.25. The van der Waals surface area contributed by atoms with Gasteiger partial charge in [0.25, 0.3) is 0 Å². The van der Waals surface area contributed by atoms with E-state index in [-0.39, 0.29) is 12.3 Å². The zero-order valence-corrected chi connectivity index (χ0v) is 17.4. The molecule has 2 aromatic carbocycles. The highest BCUT2D eigenvalue weighted by Crippen LogP contribution is 2.27. The summed E-state index contributed by atoms with van der Waals surface area (Å²) >= 11 is 0. The summed E-state index contributed by atoms with van der Waals surface area (Å²) in [6, 6.07) is 18.9. The molecule has 0 bridgehead atoms. The molecule has 0 fully saturated rings. The third-order valence-corrected chi connectivity index (χ3v) is 5.07. The summed E-state index contributed by atoms with van der Waals surface area (Å²) in [4.78, 5) is 16.9. The molecule has 154 valence electrons. The predicted molar refractivity (Wildman–Crippen MR) is 115 cm³/mol. The fourth-order valence-corrected chi connectivity index (χ4v) is 3.34. The van der Waals surface area contributed by atoms with Crippen molar-refractivity contribution in [3.63, 3.8) is 0 Å². The molecule has 0 saturated heterocycles. The smallest absolute Gasteiger partial charge is 0.368 e. The second kappa shape index (κ2) is 8.24. The van der Waals surface area contributed by atoms with Crippen molar-refractivity contribution < 1.29 is 4.74 Å². The maximum atomic E-state index is 12.3. The van der Waals surface area contributed by atoms with Crippen molar-refractivity contribution in [2.24, 2.45) is 7.05 Å². The van der Waals surface area contributed by atoms with Crippen LogP contribution in [0.25, 0.3) is 16.9 Å². The Labute approximate surface area is 179 Å². The van der Waals surface area contributed by atoms with Crippen LogP contribution in [0.4, 0.5) is 0 Å². The first-order valence-electron chi connectivity index (χ1n) is 9.67. The average molecular weight is 412 g/mol. The zero-order chi connectivity index (χ0) is 22.0. The summed E-state index contributed by atoms with van der Waals surface area (Å²) in [5.74, 6) is 0.624. The van der Waals surface area contributed by atoms with Gasteiger partial charge in [-0.15, -0.1) is 0 Å². The minimum atomic E-state index is -0.329. The van der Waals surface area contributed by atoms with Crippen LogP contribution in [-0.4, -0.2) is 24.8 Å². The van der Waals surface area contributed by atoms with Crippen LogP contribution < -0.4 is 10.4 Å². The molecule has 4 rings (SSSR count). The predicted octanol–water partition coefficient (Wildman–Crippen LogP) is 3.10. The van der Waals surface area contributed by atoms with Gasteiger partial charge in [0, 0.05) is 18.2 Å². The SMILES string of the molecule is Cc1cccc(-n2nnn(C)c2=O)c1COc1ccc(-c2ccccc2C#N)nc1C. The number of nitriles is 1. The number of aromatic nitrogens is 5. The Bertz CT molecular complexity index is 1360. The highest BCUT2D eigenvalue weighted by atomic mass is 16.5. The molecule has 0 aliphatic rings. The van der Waals surface area contributed by atoms with E-state index in [1.807, 2.05) is 62.4 Å². The molecule has 2 heterocycles. The van der Waals surface area contributed by atoms with Crippen molar-refractivity contribution in [3.05, 3.63) is 87.5 Å². The summed E-state index contributed by atoms with van der Waals surface area (Å²) in [5.41, 5.74) is 4.88. The number of hydrogen-bond acceptors (Lipinski definition) is 6. The minimum absolute atomic E-state index is 0.238. The quantitative estimate of drug-likeness (QED) is 0.499. The van der Waals surface area contributed by atoms with Gasteiger partial charge in [-0.05, 0) is 54.1 Å². The van der Waals surface area contributed by atoms with Gasteiger partial charge in [0.05, 0.1) is 28.7 Å². The van der Waals surface area contributed by atoms with Crippen molar-refractivity contribution in [1.29, 1.82) is 5.26 Å². The number of ether oxygens (including phenoxy) is 1. The van der Waals surface area contributed by atoms with Gasteiger partial charge < -0.3 is 4.74 Å². The largest absolute Gasteiger partial charge is 0.487 e. The molecule has 0 spiro atoms. The van der Waals surface area contributed by atoms with Gasteiger partial charge >= 0.3 is 5.69 Å². The third-order valence-electron chi connectivity index (χ3n) is 5.07. The number of nitrogens with zero attached hydrogens (tertiary/aromatic N) is 6. The van der Waals surface area contributed by atoms with E-state index in [1.165, 1.54) is 9.36 Å². The van der Waals surface area contributed by atoms with Crippen molar-refractivity contribution in [2.45, 2.75) is 20.5 Å². The molecule has 0 aliphatic heterocycles. The van der Waals surface area contributed by atoms with Crippen molar-refractivity contribution >= 4 is 0 Å². The van der Waals surface area contributed by atoms with E-state index in [1.54, 1.807) is 13.1 Å². The molecule has 0 aliphatic carbocycles. The van der Waals surface area contributed by atoms with Gasteiger partial charge in [-0.3, -0.25) is 0 Å². The van der Waals surface area contributed by atoms with E-state index in [0.717, 1.165) is 16.7 Å². The monoisotopic (exact) mass is 412 g/mol. The first kappa shape index (κ1) is 20.0. The molecule has 4 aromatic rings. The molecule has 0 N–H and O–H groups in total. The van der Waals surface area contributed by atoms with Gasteiger partial charge in [0.2, 0.25) is 0 Å². The molecular formula is C23H20N6O2. The van der Waals surface area contributed by atoms with Crippen LogP contribution in [0.15, 0.2) is 59.4 Å². The first-order chi connectivity index (χ1) is 15.0. The van der Waals surface area contributed by atoms with E-state index >= 15 is 0 Å². The van der Waals surface area contributed by atoms with Gasteiger partial charge in [-0.1, -0.05) is 30.3 Å². The molecule has 0 amide bonds. The standard InChI is InChI=1S/C23H20N6O2/c1-15-7-6-10-21(29-23(30)28(3)26-27-29)19(15)14-31-22-12-11-20(25-16(22)2)18-9-5-4-8-17(18)13-24/h4-12H,14H2,1-3H3. The fourth-order valence-electron chi connectivity index (χ4n) is 3.34. The number of rotatable bonds is 5. The number of pyridine rings is 1. The van der Waals surface area contributed by atoms with E-state index in [4.69, 9.17) is 4.74 Å². The Kier molecular flexibility index (Phi) is 5.33. The zero-order valence-electron chi connectivity index (χ0n) is 17.4. The topological polar surface area (TPSA) is 98.6 Å². The lowest BCUT2D eigenvalue weighted by Gasteiger charge is -2.14. The Morgan fingerprint density at radius 3 is 2.55 bits per heavy atom. The number of aryl methyl sites for hydroxylation is 3. The average Bonchev–Trinajstić information content (AvgIpc) is 3.11. The van der Waals surface area contributed by atoms with Crippen LogP contribution >= 0.6 is 0 Å². The molecule has 2 aromatic heterocycles. The number of hydrogen-bond donors (Lipinski definition) is 0. The number of benzene rings is 2. The van der Waals surface area contributed by atoms with Crippen LogP contribution in [0.5, 0.6) is 5.75 Å². The molecule has 0 atom stereocenters. The van der Waals surface area contributed by atoms with E-state index in [2.05, 4.69) is 21.5 Å². The third kappa shape index (κ3) is 3.81. The van der Waals surface area contributed by atoms with E-state index in [9.17, 15) is 10.1 Å². The van der Waals surface area contributed by atoms with Gasteiger partial charge in [0.1, 0.15) is 12.4 Å². The van der Waals surface area contributed by atoms with E-state index < -0.39 is 0 Å². The van der Waals surface area contributed by atoms with Crippen LogP contribution in [0.2, 0.25) is 0 Å². The van der Waals surface area contributed by atoms with Crippen LogP contribution in [-0.2, 0) is 13.7 Å². The summed E-state index contributed by atoms with van der Waals surface area (Å²) in [7, 11) is 1.55. The molecule has 8 heteroatoms. The Morgan fingerprint density at radius 1 is 1.03 bits per heavy atom. The van der Waals surface area contributed by atoms with Crippen LogP contribution in [0, 0.1) is 25.2 Å². The lowest BCUT2D eigenvalue weighted by atomic mass is 10.0. The summed E-state index contributed by atoms with van der Waals surface area (Å²) in [6.07, 6.45) is 0. The molecule has 0 unspecified atom stereocenters. The highest BCUT2D eigenvalue weighted by molar-refractivity contribution is 5.67. The Morgan fingerprint density at radius 2 is 1.84 bits per heavy atom. The molecule has 0 radical (unpaired) electrons. The second-order valence-electron chi connectivity index (χ2n) is 7.10. The van der Waals surface area contributed by atoms with Crippen LogP contribution in [0.3, 0.4) is 0 Å². The van der Waals surface area contributed by atoms with Gasteiger partial charge in [-0.25, -0.2) is 9.78 Å². The molecule has 0 saturated carbocycles. The summed E-state index contributed by atoms with van der Waals surface area (Å²) < 4.78 is 8.50. The lowest BCUT2D eigenvalue weighted by Crippen LogP contribution is -2.23. The molecule has 8 nitrogen and oxygen atoms in total. The van der Waals surface area contributed by atoms with Gasteiger partial charge in [0.15, 0.2) is 0 Å². The van der Waals surface area contributed by atoms with Crippen molar-refractivity contribution in [1.82, 2.24) is 24.8 Å². The maximum Gasteiger partial charge on any atom is 0.368 e. The lowest BCUT2D eigenvalue weighted by molar-refractivity contribution is 0.301. The van der Waals surface area contributed by atoms with Crippen LogP contribution in [0.1, 0.15) is 22.4 Å². The highest BCUT2D eigenvalue weighted by Gasteiger charge is 2.15. The van der Waals surface area contributed by atoms with Gasteiger partial charge in [-0.2, -0.15) is 14.6 Å². The second-order valence-corrected chi connectivity index (χ2v) is 7.10. The minimum Gasteiger partial charge on any atom is -0.487 e. The Balaban J connectivity index is 1.63. The maximum absolute atomic E-state index is 12.3. The first-order valence-corrected chi connectivity index (χ1v) is 9.67.